The Bertz CT molecular complexity index is 885. The van der Waals surface area contributed by atoms with Gasteiger partial charge < -0.3 is 0 Å². The average molecular weight is 404 g/mol. The molecule has 151 valence electrons. The van der Waals surface area contributed by atoms with Gasteiger partial charge in [-0.1, -0.05) is 20.8 Å². The molecular weight excluding hydrogens is 377 g/mol. The number of aliphatic hydroxyl groups is 1. The van der Waals surface area contributed by atoms with Crippen molar-refractivity contribution in [1.82, 2.24) is 14.3 Å². The Morgan fingerprint density at radius 2 is 1.89 bits per heavy atom. The molecule has 3 rings (SSSR count). The Kier molecular flexibility index (Phi) is 5.35. The second kappa shape index (κ2) is 7.19. The molecule has 1 aliphatic carbocycles. The van der Waals surface area contributed by atoms with E-state index >= 15 is 0 Å². The van der Waals surface area contributed by atoms with Gasteiger partial charge in [-0.3, -0.25) is 0 Å². The fraction of sp³-hybridized carbons (Fsp3) is 0.579. The number of fused-ring (bicyclic) bond motifs is 2. The van der Waals surface area contributed by atoms with Crippen molar-refractivity contribution in [2.24, 2.45) is 10.8 Å². The first-order chi connectivity index (χ1) is 12.9. The number of hydrogen-bond acceptors (Lipinski definition) is 4. The topological polar surface area (TPSA) is 98.7 Å². The van der Waals surface area contributed by atoms with Crippen LogP contribution in [0.3, 0.4) is 0 Å². The molecular formula is C19H27BN3O4S. The average Bonchev–Trinajstić information content (AvgIpc) is 2.80. The van der Waals surface area contributed by atoms with E-state index in [9.17, 15) is 13.2 Å². The first-order valence-corrected chi connectivity index (χ1v) is 10.9. The monoisotopic (exact) mass is 404 g/mol. The van der Waals surface area contributed by atoms with Gasteiger partial charge >= 0.3 is 117 Å². The van der Waals surface area contributed by atoms with E-state index in [-0.39, 0.29) is 29.3 Å². The molecule has 1 saturated heterocycles. The summed E-state index contributed by atoms with van der Waals surface area (Å²) in [4.78, 5) is 15.1. The number of nitrogens with one attached hydrogen (secondary N) is 2. The van der Waals surface area contributed by atoms with Crippen molar-refractivity contribution >= 4 is 29.4 Å². The second-order valence-corrected chi connectivity index (χ2v) is 10.7. The predicted molar refractivity (Wildman–Crippen MR) is 109 cm³/mol. The Balaban J connectivity index is 1.66. The molecule has 1 saturated carbocycles. The summed E-state index contributed by atoms with van der Waals surface area (Å²) >= 11 is 0. The number of benzene rings is 1. The fourth-order valence-electron chi connectivity index (χ4n) is 4.98. The SMILES string of the molecule is [B]=C(O)NS(=O)(=O)NCc1ccc(C(=O)N2CC3(C)CC2CC(C)(C)C3)cc1. The molecule has 1 aromatic rings. The van der Waals surface area contributed by atoms with Gasteiger partial charge in [0.2, 0.25) is 0 Å². The molecule has 2 atom stereocenters. The van der Waals surface area contributed by atoms with Gasteiger partial charge in [0.25, 0.3) is 0 Å². The maximum absolute atomic E-state index is 13.1. The van der Waals surface area contributed by atoms with Gasteiger partial charge in [0.05, 0.1) is 0 Å². The summed E-state index contributed by atoms with van der Waals surface area (Å²) in [6, 6.07) is 7.16. The predicted octanol–water partition coefficient (Wildman–Crippen LogP) is 1.28. The third-order valence-electron chi connectivity index (χ3n) is 5.58. The molecule has 0 spiro atoms. The van der Waals surface area contributed by atoms with Crippen molar-refractivity contribution in [3.8, 4) is 0 Å². The van der Waals surface area contributed by atoms with Crippen molar-refractivity contribution in [2.45, 2.75) is 52.6 Å². The second-order valence-electron chi connectivity index (χ2n) is 9.16. The number of aliphatic hydroxyl groups excluding tert-OH is 1. The molecule has 1 aromatic carbocycles. The van der Waals surface area contributed by atoms with E-state index in [1.807, 2.05) is 4.90 Å². The molecule has 1 heterocycles. The van der Waals surface area contributed by atoms with Gasteiger partial charge in [-0.2, -0.15) is 0 Å². The molecule has 2 fully saturated rings. The summed E-state index contributed by atoms with van der Waals surface area (Å²) in [6.45, 7) is 7.62. The number of likely N-dealkylation sites (tertiary alicyclic amines) is 1. The van der Waals surface area contributed by atoms with Crippen LogP contribution in [0.25, 0.3) is 0 Å². The third-order valence-corrected chi connectivity index (χ3v) is 6.58. The standard InChI is InChI=1S/C19H27BN3O4S/c1-18(2)8-15-9-19(3,11-18)12-23(15)16(24)14-6-4-13(5-7-14)10-21-28(26,27)22-17(20)25/h4-7,15,21-22,25H,8-12H2,1-3H3. The van der Waals surface area contributed by atoms with Gasteiger partial charge in [-0.05, 0) is 30.1 Å². The third kappa shape index (κ3) is 4.75. The Labute approximate surface area is 167 Å². The molecule has 1 aliphatic heterocycles. The van der Waals surface area contributed by atoms with Crippen LogP contribution in [-0.4, -0.2) is 50.2 Å². The molecule has 28 heavy (non-hydrogen) atoms. The van der Waals surface area contributed by atoms with E-state index in [0.717, 1.165) is 25.8 Å². The quantitative estimate of drug-likeness (QED) is 0.622. The zero-order valence-electron chi connectivity index (χ0n) is 16.5. The summed E-state index contributed by atoms with van der Waals surface area (Å²) in [7, 11) is 0.989. The molecule has 3 N–H and O–H groups in total. The Morgan fingerprint density at radius 1 is 1.25 bits per heavy atom. The van der Waals surface area contributed by atoms with Crippen LogP contribution in [0.15, 0.2) is 24.3 Å². The number of carbonyl (C=O) groups is 1. The number of carbonyl (C=O) groups excluding carboxylic acids is 1. The molecule has 2 unspecified atom stereocenters. The van der Waals surface area contributed by atoms with Gasteiger partial charge in [0.1, 0.15) is 0 Å². The summed E-state index contributed by atoms with van der Waals surface area (Å²) in [5.74, 6) is -0.871. The van der Waals surface area contributed by atoms with Gasteiger partial charge in [0.15, 0.2) is 0 Å². The van der Waals surface area contributed by atoms with Gasteiger partial charge in [-0.15, -0.1) is 0 Å². The summed E-state index contributed by atoms with van der Waals surface area (Å²) in [6.07, 6.45) is 3.20. The zero-order chi connectivity index (χ0) is 20.7. The molecule has 9 heteroatoms. The van der Waals surface area contributed by atoms with Crippen molar-refractivity contribution in [1.29, 1.82) is 0 Å². The fourth-order valence-corrected chi connectivity index (χ4v) is 5.68. The molecule has 2 aliphatic rings. The summed E-state index contributed by atoms with van der Waals surface area (Å²) in [5.41, 5.74) is 1.72. The number of rotatable bonds is 6. The molecule has 2 bridgehead atoms. The first-order valence-electron chi connectivity index (χ1n) is 9.37. The molecule has 0 aromatic heterocycles. The Hall–Kier alpha value is -1.87. The van der Waals surface area contributed by atoms with E-state index in [4.69, 9.17) is 12.6 Å². The van der Waals surface area contributed by atoms with Crippen LogP contribution in [0.2, 0.25) is 0 Å². The Morgan fingerprint density at radius 3 is 2.50 bits per heavy atom. The zero-order valence-corrected chi connectivity index (χ0v) is 17.3. The van der Waals surface area contributed by atoms with Crippen LogP contribution in [-0.2, 0) is 16.8 Å². The molecule has 1 radical (unpaired) electrons. The summed E-state index contributed by atoms with van der Waals surface area (Å²) in [5, 5.41) is 8.82. The van der Waals surface area contributed by atoms with Crippen LogP contribution < -0.4 is 9.44 Å². The first kappa shape index (κ1) is 20.9. The minimum absolute atomic E-state index is 0.00961. The summed E-state index contributed by atoms with van der Waals surface area (Å²) < 4.78 is 27.2. The van der Waals surface area contributed by atoms with Crippen molar-refractivity contribution in [3.63, 3.8) is 0 Å². The van der Waals surface area contributed by atoms with E-state index in [1.54, 1.807) is 29.0 Å². The van der Waals surface area contributed by atoms with Gasteiger partial charge in [0, 0.05) is 0 Å². The maximum atomic E-state index is 13.1. The normalized spacial score (nSPS) is 26.1. The number of nitrogens with zero attached hydrogens (tertiary/aromatic N) is 1. The number of amides is 1. The van der Waals surface area contributed by atoms with E-state index in [1.165, 1.54) is 0 Å². The van der Waals surface area contributed by atoms with Crippen LogP contribution in [0, 0.1) is 10.8 Å². The van der Waals surface area contributed by atoms with Crippen LogP contribution in [0.1, 0.15) is 56.0 Å². The van der Waals surface area contributed by atoms with Crippen molar-refractivity contribution in [2.75, 3.05) is 6.54 Å². The van der Waals surface area contributed by atoms with Crippen LogP contribution >= 0.6 is 0 Å². The van der Waals surface area contributed by atoms with E-state index in [0.29, 0.717) is 11.1 Å². The van der Waals surface area contributed by atoms with Crippen molar-refractivity contribution in [3.05, 3.63) is 35.4 Å². The minimum atomic E-state index is -3.93. The van der Waals surface area contributed by atoms with E-state index in [2.05, 4.69) is 25.5 Å². The molecule has 7 nitrogen and oxygen atoms in total. The van der Waals surface area contributed by atoms with E-state index < -0.39 is 16.0 Å². The van der Waals surface area contributed by atoms with Crippen LogP contribution in [0.4, 0.5) is 0 Å². The number of hydrogen-bond donors (Lipinski definition) is 3. The molecule has 1 amide bonds. The van der Waals surface area contributed by atoms with Crippen molar-refractivity contribution < 1.29 is 18.3 Å². The van der Waals surface area contributed by atoms with Crippen LogP contribution in [0.5, 0.6) is 0 Å². The van der Waals surface area contributed by atoms with Gasteiger partial charge in [-0.25, -0.2) is 0 Å².